The number of nitrogens with zero attached hydrogens (tertiary/aromatic N) is 5. The van der Waals surface area contributed by atoms with E-state index in [-0.39, 0.29) is 5.91 Å². The van der Waals surface area contributed by atoms with Crippen LogP contribution in [0.1, 0.15) is 39.0 Å². The number of likely N-dealkylation sites (tertiary alicyclic amines) is 1. The summed E-state index contributed by atoms with van der Waals surface area (Å²) >= 11 is 0. The van der Waals surface area contributed by atoms with E-state index in [2.05, 4.69) is 33.9 Å². The van der Waals surface area contributed by atoms with Crippen LogP contribution in [0.4, 0.5) is 0 Å². The number of likely N-dealkylation sites (N-methyl/N-ethyl adjacent to an activating group) is 1. The summed E-state index contributed by atoms with van der Waals surface area (Å²) in [7, 11) is 0. The van der Waals surface area contributed by atoms with Crippen molar-refractivity contribution in [2.75, 3.05) is 26.2 Å². The van der Waals surface area contributed by atoms with Crippen LogP contribution < -0.4 is 0 Å². The van der Waals surface area contributed by atoms with E-state index in [9.17, 15) is 4.79 Å². The molecular formula is C19H27N5O2. The van der Waals surface area contributed by atoms with E-state index in [0.717, 1.165) is 44.6 Å². The van der Waals surface area contributed by atoms with Crippen molar-refractivity contribution in [2.24, 2.45) is 0 Å². The second kappa shape index (κ2) is 8.89. The number of hydrogen-bond acceptors (Lipinski definition) is 6. The molecule has 140 valence electrons. The molecule has 0 saturated carbocycles. The van der Waals surface area contributed by atoms with Gasteiger partial charge in [0.2, 0.25) is 17.6 Å². The van der Waals surface area contributed by atoms with Crippen molar-refractivity contribution in [1.29, 1.82) is 0 Å². The van der Waals surface area contributed by atoms with E-state index >= 15 is 0 Å². The third kappa shape index (κ3) is 4.46. The molecule has 0 aliphatic carbocycles. The quantitative estimate of drug-likeness (QED) is 0.722. The number of carbonyl (C=O) groups is 1. The van der Waals surface area contributed by atoms with Crippen LogP contribution in [0.2, 0.25) is 0 Å². The largest absolute Gasteiger partial charge is 0.341 e. The number of aryl methyl sites for hydroxylation is 1. The first-order valence-electron chi connectivity index (χ1n) is 9.46. The molecule has 1 aliphatic rings. The van der Waals surface area contributed by atoms with Gasteiger partial charge in [-0.15, -0.1) is 0 Å². The highest BCUT2D eigenvalue weighted by Crippen LogP contribution is 2.18. The Morgan fingerprint density at radius 3 is 2.96 bits per heavy atom. The summed E-state index contributed by atoms with van der Waals surface area (Å²) in [4.78, 5) is 25.3. The minimum atomic E-state index is 0.228. The van der Waals surface area contributed by atoms with Gasteiger partial charge in [0, 0.05) is 49.9 Å². The fourth-order valence-electron chi connectivity index (χ4n) is 3.52. The zero-order valence-corrected chi connectivity index (χ0v) is 15.6. The van der Waals surface area contributed by atoms with Crippen molar-refractivity contribution < 1.29 is 9.32 Å². The predicted molar refractivity (Wildman–Crippen MR) is 98.4 cm³/mol. The van der Waals surface area contributed by atoms with Gasteiger partial charge in [-0.1, -0.05) is 19.0 Å². The summed E-state index contributed by atoms with van der Waals surface area (Å²) in [6.07, 6.45) is 6.35. The lowest BCUT2D eigenvalue weighted by atomic mass is 10.2. The molecule has 3 rings (SSSR count). The summed E-state index contributed by atoms with van der Waals surface area (Å²) in [5, 5.41) is 3.98. The number of pyridine rings is 1. The molecule has 2 aromatic rings. The molecule has 0 radical (unpaired) electrons. The van der Waals surface area contributed by atoms with Crippen LogP contribution in [0.5, 0.6) is 0 Å². The van der Waals surface area contributed by atoms with Crippen LogP contribution in [-0.2, 0) is 11.2 Å². The maximum atomic E-state index is 12.4. The molecule has 3 heterocycles. The highest BCUT2D eigenvalue weighted by molar-refractivity contribution is 5.76. The van der Waals surface area contributed by atoms with Gasteiger partial charge in [-0.25, -0.2) is 0 Å². The van der Waals surface area contributed by atoms with E-state index in [4.69, 9.17) is 4.52 Å². The van der Waals surface area contributed by atoms with Gasteiger partial charge in [0.05, 0.1) is 0 Å². The minimum absolute atomic E-state index is 0.228. The predicted octanol–water partition coefficient (Wildman–Crippen LogP) is 2.40. The van der Waals surface area contributed by atoms with Crippen LogP contribution in [0.3, 0.4) is 0 Å². The summed E-state index contributed by atoms with van der Waals surface area (Å²) < 4.78 is 5.28. The standard InChI is InChI=1S/C19H27N5O2/c1-3-23(4-2)16-10-12-24(14-16)18(25)9-5-8-17-21-19(22-26-17)15-7-6-11-20-13-15/h6-7,11,13,16H,3-5,8-10,12,14H2,1-2H3/t16-/m1/s1. The lowest BCUT2D eigenvalue weighted by Crippen LogP contribution is -2.38. The van der Waals surface area contributed by atoms with E-state index in [1.807, 2.05) is 17.0 Å². The Balaban J connectivity index is 1.44. The van der Waals surface area contributed by atoms with Gasteiger partial charge in [-0.3, -0.25) is 14.7 Å². The van der Waals surface area contributed by atoms with Gasteiger partial charge in [0.15, 0.2) is 0 Å². The third-order valence-electron chi connectivity index (χ3n) is 5.01. The Hall–Kier alpha value is -2.28. The lowest BCUT2D eigenvalue weighted by molar-refractivity contribution is -0.130. The van der Waals surface area contributed by atoms with Gasteiger partial charge in [0.25, 0.3) is 0 Å². The molecule has 0 aromatic carbocycles. The molecule has 0 bridgehead atoms. The molecule has 26 heavy (non-hydrogen) atoms. The Morgan fingerprint density at radius 1 is 1.38 bits per heavy atom. The molecule has 1 atom stereocenters. The normalized spacial score (nSPS) is 17.2. The van der Waals surface area contributed by atoms with Crippen LogP contribution in [0.15, 0.2) is 29.0 Å². The van der Waals surface area contributed by atoms with Gasteiger partial charge in [-0.05, 0) is 38.1 Å². The zero-order valence-electron chi connectivity index (χ0n) is 15.6. The van der Waals surface area contributed by atoms with Crippen molar-refractivity contribution in [3.63, 3.8) is 0 Å². The lowest BCUT2D eigenvalue weighted by Gasteiger charge is -2.26. The van der Waals surface area contributed by atoms with Gasteiger partial charge >= 0.3 is 0 Å². The molecule has 7 heteroatoms. The molecule has 1 aliphatic heterocycles. The fourth-order valence-corrected chi connectivity index (χ4v) is 3.52. The molecule has 0 spiro atoms. The maximum absolute atomic E-state index is 12.4. The monoisotopic (exact) mass is 357 g/mol. The van der Waals surface area contributed by atoms with E-state index in [1.54, 1.807) is 12.4 Å². The Labute approximate surface area is 154 Å². The maximum Gasteiger partial charge on any atom is 0.226 e. The number of carbonyl (C=O) groups excluding carboxylic acids is 1. The molecule has 1 saturated heterocycles. The molecular weight excluding hydrogens is 330 g/mol. The van der Waals surface area contributed by atoms with Crippen molar-refractivity contribution in [2.45, 2.75) is 45.6 Å². The SMILES string of the molecule is CCN(CC)[C@@H]1CCN(C(=O)CCCc2nc(-c3cccnc3)no2)C1. The number of amides is 1. The van der Waals surface area contributed by atoms with Crippen molar-refractivity contribution in [1.82, 2.24) is 24.9 Å². The van der Waals surface area contributed by atoms with Crippen LogP contribution in [-0.4, -0.2) is 63.1 Å². The van der Waals surface area contributed by atoms with Gasteiger partial charge in [-0.2, -0.15) is 4.98 Å². The van der Waals surface area contributed by atoms with Crippen molar-refractivity contribution in [3.05, 3.63) is 30.4 Å². The Morgan fingerprint density at radius 2 is 2.23 bits per heavy atom. The van der Waals surface area contributed by atoms with Gasteiger partial charge < -0.3 is 9.42 Å². The second-order valence-electron chi connectivity index (χ2n) is 6.61. The van der Waals surface area contributed by atoms with Crippen LogP contribution >= 0.6 is 0 Å². The zero-order chi connectivity index (χ0) is 18.4. The van der Waals surface area contributed by atoms with Gasteiger partial charge in [0.1, 0.15) is 0 Å². The smallest absolute Gasteiger partial charge is 0.226 e. The summed E-state index contributed by atoms with van der Waals surface area (Å²) in [5.41, 5.74) is 0.832. The summed E-state index contributed by atoms with van der Waals surface area (Å²) in [5.74, 6) is 1.34. The minimum Gasteiger partial charge on any atom is -0.341 e. The first-order chi connectivity index (χ1) is 12.7. The third-order valence-corrected chi connectivity index (χ3v) is 5.01. The molecule has 1 fully saturated rings. The Kier molecular flexibility index (Phi) is 6.33. The highest BCUT2D eigenvalue weighted by Gasteiger charge is 2.28. The van der Waals surface area contributed by atoms with E-state index < -0.39 is 0 Å². The summed E-state index contributed by atoms with van der Waals surface area (Å²) in [6.45, 7) is 8.16. The van der Waals surface area contributed by atoms with Crippen molar-refractivity contribution in [3.8, 4) is 11.4 Å². The topological polar surface area (TPSA) is 75.4 Å². The number of aromatic nitrogens is 3. The second-order valence-corrected chi connectivity index (χ2v) is 6.61. The fraction of sp³-hybridized carbons (Fsp3) is 0.579. The number of rotatable bonds is 8. The summed E-state index contributed by atoms with van der Waals surface area (Å²) in [6, 6.07) is 4.24. The number of hydrogen-bond donors (Lipinski definition) is 0. The highest BCUT2D eigenvalue weighted by atomic mass is 16.5. The molecule has 2 aromatic heterocycles. The molecule has 1 amide bonds. The van der Waals surface area contributed by atoms with Crippen molar-refractivity contribution >= 4 is 5.91 Å². The first-order valence-corrected chi connectivity index (χ1v) is 9.46. The Bertz CT molecular complexity index is 699. The van der Waals surface area contributed by atoms with E-state index in [0.29, 0.717) is 30.6 Å². The molecule has 0 unspecified atom stereocenters. The average Bonchev–Trinajstić information content (AvgIpc) is 3.34. The van der Waals surface area contributed by atoms with Crippen LogP contribution in [0.25, 0.3) is 11.4 Å². The molecule has 0 N–H and O–H groups in total. The van der Waals surface area contributed by atoms with Crippen LogP contribution in [0, 0.1) is 0 Å². The average molecular weight is 357 g/mol. The first kappa shape index (κ1) is 18.5. The van der Waals surface area contributed by atoms with E-state index in [1.165, 1.54) is 0 Å². The molecule has 7 nitrogen and oxygen atoms in total.